The van der Waals surface area contributed by atoms with Crippen LogP contribution in [-0.4, -0.2) is 11.8 Å². The Morgan fingerprint density at radius 2 is 1.24 bits per heavy atom. The zero-order valence-corrected chi connectivity index (χ0v) is 13.2. The van der Waals surface area contributed by atoms with Gasteiger partial charge in [-0.05, 0) is 29.8 Å². The minimum absolute atomic E-state index is 0.116. The first-order valence-corrected chi connectivity index (χ1v) is 7.66. The summed E-state index contributed by atoms with van der Waals surface area (Å²) < 4.78 is 14.3. The highest BCUT2D eigenvalue weighted by Crippen LogP contribution is 2.23. The molecule has 0 fully saturated rings. The molecule has 3 aromatic rings. The standard InChI is InChI=1S/C20H15FN2O2/c21-18-13-16(11-12-17(18)14-7-3-1-4-8-14)20(25)23-22-19(24)15-9-5-2-6-10-15/h1-13H,(H,22,24)(H,23,25). The van der Waals surface area contributed by atoms with Crippen molar-refractivity contribution in [3.05, 3.63) is 95.8 Å². The van der Waals surface area contributed by atoms with E-state index in [0.29, 0.717) is 11.1 Å². The molecule has 2 N–H and O–H groups in total. The van der Waals surface area contributed by atoms with E-state index in [0.717, 1.165) is 11.6 Å². The molecule has 0 radical (unpaired) electrons. The molecule has 3 aromatic carbocycles. The number of carbonyl (C=O) groups excluding carboxylic acids is 2. The van der Waals surface area contributed by atoms with E-state index in [4.69, 9.17) is 0 Å². The zero-order chi connectivity index (χ0) is 17.6. The van der Waals surface area contributed by atoms with Gasteiger partial charge in [0.2, 0.25) is 0 Å². The highest BCUT2D eigenvalue weighted by Gasteiger charge is 2.12. The number of halogens is 1. The van der Waals surface area contributed by atoms with Gasteiger partial charge < -0.3 is 0 Å². The maximum absolute atomic E-state index is 14.3. The number of nitrogens with one attached hydrogen (secondary N) is 2. The van der Waals surface area contributed by atoms with Crippen LogP contribution in [0.4, 0.5) is 4.39 Å². The molecule has 0 spiro atoms. The first kappa shape index (κ1) is 16.4. The lowest BCUT2D eigenvalue weighted by Crippen LogP contribution is -2.41. The highest BCUT2D eigenvalue weighted by atomic mass is 19.1. The fourth-order valence-corrected chi connectivity index (χ4v) is 2.36. The Kier molecular flexibility index (Phi) is 4.85. The van der Waals surface area contributed by atoms with Gasteiger partial charge in [0.25, 0.3) is 11.8 Å². The van der Waals surface area contributed by atoms with Crippen molar-refractivity contribution in [3.63, 3.8) is 0 Å². The molecule has 0 aliphatic carbocycles. The molecule has 0 aliphatic rings. The lowest BCUT2D eigenvalue weighted by Gasteiger charge is -2.09. The van der Waals surface area contributed by atoms with E-state index in [2.05, 4.69) is 10.9 Å². The third-order valence-corrected chi connectivity index (χ3v) is 3.64. The first-order valence-electron chi connectivity index (χ1n) is 7.66. The van der Waals surface area contributed by atoms with Crippen LogP contribution in [0.1, 0.15) is 20.7 Å². The van der Waals surface area contributed by atoms with Crippen molar-refractivity contribution in [2.75, 3.05) is 0 Å². The van der Waals surface area contributed by atoms with E-state index >= 15 is 0 Å². The van der Waals surface area contributed by atoms with Crippen LogP contribution in [0.2, 0.25) is 0 Å². The van der Waals surface area contributed by atoms with Gasteiger partial charge in [0.05, 0.1) is 0 Å². The number of hydrazine groups is 1. The number of rotatable bonds is 3. The fourth-order valence-electron chi connectivity index (χ4n) is 2.36. The van der Waals surface area contributed by atoms with Gasteiger partial charge in [0, 0.05) is 16.7 Å². The molecular formula is C20H15FN2O2. The third-order valence-electron chi connectivity index (χ3n) is 3.64. The van der Waals surface area contributed by atoms with E-state index in [1.807, 2.05) is 18.2 Å². The molecule has 25 heavy (non-hydrogen) atoms. The van der Waals surface area contributed by atoms with Crippen LogP contribution in [0.15, 0.2) is 78.9 Å². The topological polar surface area (TPSA) is 58.2 Å². The monoisotopic (exact) mass is 334 g/mol. The fraction of sp³-hybridized carbons (Fsp3) is 0. The second kappa shape index (κ2) is 7.40. The molecular weight excluding hydrogens is 319 g/mol. The van der Waals surface area contributed by atoms with Crippen LogP contribution in [0.25, 0.3) is 11.1 Å². The van der Waals surface area contributed by atoms with E-state index < -0.39 is 17.6 Å². The maximum Gasteiger partial charge on any atom is 0.269 e. The number of hydrogen-bond acceptors (Lipinski definition) is 2. The van der Waals surface area contributed by atoms with Crippen LogP contribution < -0.4 is 10.9 Å². The summed E-state index contributed by atoms with van der Waals surface area (Å²) in [6.45, 7) is 0. The number of carbonyl (C=O) groups is 2. The predicted molar refractivity (Wildman–Crippen MR) is 93.2 cm³/mol. The second-order valence-corrected chi connectivity index (χ2v) is 5.33. The van der Waals surface area contributed by atoms with E-state index in [1.54, 1.807) is 48.5 Å². The van der Waals surface area contributed by atoms with Crippen LogP contribution in [0.5, 0.6) is 0 Å². The summed E-state index contributed by atoms with van der Waals surface area (Å²) in [7, 11) is 0. The van der Waals surface area contributed by atoms with Gasteiger partial charge >= 0.3 is 0 Å². The van der Waals surface area contributed by atoms with Gasteiger partial charge in [0.1, 0.15) is 5.82 Å². The van der Waals surface area contributed by atoms with E-state index in [-0.39, 0.29) is 5.56 Å². The van der Waals surface area contributed by atoms with Crippen molar-refractivity contribution in [2.24, 2.45) is 0 Å². The summed E-state index contributed by atoms with van der Waals surface area (Å²) in [4.78, 5) is 24.0. The molecule has 0 saturated carbocycles. The summed E-state index contributed by atoms with van der Waals surface area (Å²) in [5.74, 6) is -1.55. The largest absolute Gasteiger partial charge is 0.269 e. The van der Waals surface area contributed by atoms with Gasteiger partial charge in [-0.1, -0.05) is 54.6 Å². The molecule has 3 rings (SSSR count). The predicted octanol–water partition coefficient (Wildman–Crippen LogP) is 3.57. The molecule has 0 unspecified atom stereocenters. The molecule has 0 aromatic heterocycles. The molecule has 5 heteroatoms. The van der Waals surface area contributed by atoms with Crippen LogP contribution in [0, 0.1) is 5.82 Å². The molecule has 0 aliphatic heterocycles. The lowest BCUT2D eigenvalue weighted by molar-refractivity contribution is 0.0846. The van der Waals surface area contributed by atoms with E-state index in [9.17, 15) is 14.0 Å². The van der Waals surface area contributed by atoms with Gasteiger partial charge in [-0.25, -0.2) is 4.39 Å². The summed E-state index contributed by atoms with van der Waals surface area (Å²) in [6.07, 6.45) is 0. The molecule has 0 bridgehead atoms. The van der Waals surface area contributed by atoms with Crippen molar-refractivity contribution in [2.45, 2.75) is 0 Å². The first-order chi connectivity index (χ1) is 12.1. The van der Waals surface area contributed by atoms with Crippen LogP contribution in [-0.2, 0) is 0 Å². The summed E-state index contributed by atoms with van der Waals surface area (Å²) in [5.41, 5.74) is 6.24. The molecule has 0 atom stereocenters. The van der Waals surface area contributed by atoms with Gasteiger partial charge in [-0.2, -0.15) is 0 Å². The van der Waals surface area contributed by atoms with Crippen molar-refractivity contribution >= 4 is 11.8 Å². The maximum atomic E-state index is 14.3. The van der Waals surface area contributed by atoms with Gasteiger partial charge in [0.15, 0.2) is 0 Å². The summed E-state index contributed by atoms with van der Waals surface area (Å²) >= 11 is 0. The Bertz CT molecular complexity index is 896. The van der Waals surface area contributed by atoms with Gasteiger partial charge in [-0.3, -0.25) is 20.4 Å². The van der Waals surface area contributed by atoms with Gasteiger partial charge in [-0.15, -0.1) is 0 Å². The second-order valence-electron chi connectivity index (χ2n) is 5.33. The van der Waals surface area contributed by atoms with E-state index in [1.165, 1.54) is 6.07 Å². The molecule has 2 amide bonds. The molecule has 4 nitrogen and oxygen atoms in total. The normalized spacial score (nSPS) is 10.1. The number of hydrogen-bond donors (Lipinski definition) is 2. The van der Waals surface area contributed by atoms with Crippen LogP contribution in [0.3, 0.4) is 0 Å². The molecule has 0 heterocycles. The Morgan fingerprint density at radius 1 is 0.680 bits per heavy atom. The number of amides is 2. The summed E-state index contributed by atoms with van der Waals surface area (Å²) in [5, 5.41) is 0. The average molecular weight is 334 g/mol. The van der Waals surface area contributed by atoms with Crippen LogP contribution >= 0.6 is 0 Å². The quantitative estimate of drug-likeness (QED) is 0.720. The average Bonchev–Trinajstić information content (AvgIpc) is 2.67. The molecule has 0 saturated heterocycles. The Hall–Kier alpha value is -3.47. The van der Waals surface area contributed by atoms with Crippen molar-refractivity contribution in [3.8, 4) is 11.1 Å². The molecule has 124 valence electrons. The highest BCUT2D eigenvalue weighted by molar-refractivity contribution is 5.99. The Balaban J connectivity index is 1.69. The minimum atomic E-state index is -0.595. The van der Waals surface area contributed by atoms with Crippen molar-refractivity contribution < 1.29 is 14.0 Å². The number of benzene rings is 3. The van der Waals surface area contributed by atoms with Crippen molar-refractivity contribution in [1.29, 1.82) is 0 Å². The smallest absolute Gasteiger partial charge is 0.267 e. The third kappa shape index (κ3) is 3.90. The SMILES string of the molecule is O=C(NNC(=O)c1ccc(-c2ccccc2)c(F)c1)c1ccccc1. The van der Waals surface area contributed by atoms with Crippen molar-refractivity contribution in [1.82, 2.24) is 10.9 Å². The Morgan fingerprint density at radius 3 is 1.84 bits per heavy atom. The minimum Gasteiger partial charge on any atom is -0.267 e. The zero-order valence-electron chi connectivity index (χ0n) is 13.2. The lowest BCUT2D eigenvalue weighted by atomic mass is 10.0. The Labute approximate surface area is 144 Å². The summed E-state index contributed by atoms with van der Waals surface area (Å²) in [6, 6.07) is 21.7.